The lowest BCUT2D eigenvalue weighted by Gasteiger charge is -2.04. The highest BCUT2D eigenvalue weighted by atomic mass is 32.2. The van der Waals surface area contributed by atoms with Crippen molar-refractivity contribution in [1.82, 2.24) is 10.2 Å². The summed E-state index contributed by atoms with van der Waals surface area (Å²) in [6, 6.07) is 12.7. The highest BCUT2D eigenvalue weighted by Gasteiger charge is 2.19. The van der Waals surface area contributed by atoms with E-state index in [-0.39, 0.29) is 22.4 Å². The van der Waals surface area contributed by atoms with Crippen LogP contribution in [0, 0.1) is 0 Å². The summed E-state index contributed by atoms with van der Waals surface area (Å²) in [5, 5.41) is 10.1. The zero-order valence-electron chi connectivity index (χ0n) is 14.7. The summed E-state index contributed by atoms with van der Waals surface area (Å²) in [5.74, 6) is 0.217. The van der Waals surface area contributed by atoms with Crippen molar-refractivity contribution in [2.24, 2.45) is 0 Å². The fraction of sp³-hybridized carbons (Fsp3) is 0.167. The molecule has 0 aliphatic carbocycles. The maximum atomic E-state index is 12.3. The largest absolute Gasteiger partial charge is 0.494 e. The number of hydrogen-bond donors (Lipinski definition) is 1. The number of aromatic nitrogens is 2. The Labute approximate surface area is 156 Å². The predicted octanol–water partition coefficient (Wildman–Crippen LogP) is 2.79. The number of nitrogens with one attached hydrogen (secondary N) is 1. The van der Waals surface area contributed by atoms with E-state index in [4.69, 9.17) is 9.15 Å². The standard InChI is InChI=1S/C18H17N3O5S/c1-3-25-13-10-8-12(9-11-13)16(22)19-18-21-20-17(26-18)14-6-4-5-7-15(14)27(2,23)24/h4-11H,3H2,1-2H3,(H,19,21,22). The number of rotatable bonds is 6. The Morgan fingerprint density at radius 3 is 2.48 bits per heavy atom. The maximum absolute atomic E-state index is 12.3. The van der Waals surface area contributed by atoms with E-state index in [0.29, 0.717) is 17.9 Å². The molecular weight excluding hydrogens is 370 g/mol. The van der Waals surface area contributed by atoms with Crippen molar-refractivity contribution in [3.63, 3.8) is 0 Å². The van der Waals surface area contributed by atoms with Crippen LogP contribution < -0.4 is 10.1 Å². The van der Waals surface area contributed by atoms with Gasteiger partial charge in [0.1, 0.15) is 5.75 Å². The fourth-order valence-corrected chi connectivity index (χ4v) is 3.27. The van der Waals surface area contributed by atoms with Crippen molar-refractivity contribution < 1.29 is 22.4 Å². The molecule has 0 fully saturated rings. The van der Waals surface area contributed by atoms with E-state index in [1.54, 1.807) is 42.5 Å². The van der Waals surface area contributed by atoms with Gasteiger partial charge in [-0.3, -0.25) is 10.1 Å². The average Bonchev–Trinajstić information content (AvgIpc) is 3.10. The second-order valence-corrected chi connectivity index (χ2v) is 7.58. The number of carbonyl (C=O) groups is 1. The number of carbonyl (C=O) groups excluding carboxylic acids is 1. The van der Waals surface area contributed by atoms with Gasteiger partial charge in [0.15, 0.2) is 9.84 Å². The first-order valence-corrected chi connectivity index (χ1v) is 9.95. The van der Waals surface area contributed by atoms with Crippen molar-refractivity contribution in [2.75, 3.05) is 18.2 Å². The van der Waals surface area contributed by atoms with Gasteiger partial charge in [0.2, 0.25) is 0 Å². The molecule has 1 N–H and O–H groups in total. The van der Waals surface area contributed by atoms with E-state index in [9.17, 15) is 13.2 Å². The summed E-state index contributed by atoms with van der Waals surface area (Å²) in [6.07, 6.45) is 1.09. The molecule has 0 aliphatic heterocycles. The van der Waals surface area contributed by atoms with Crippen molar-refractivity contribution >= 4 is 21.8 Å². The highest BCUT2D eigenvalue weighted by Crippen LogP contribution is 2.27. The fourth-order valence-electron chi connectivity index (χ4n) is 2.39. The van der Waals surface area contributed by atoms with Crippen LogP contribution in [0.4, 0.5) is 6.01 Å². The van der Waals surface area contributed by atoms with Gasteiger partial charge in [0.25, 0.3) is 11.8 Å². The molecule has 0 spiro atoms. The van der Waals surface area contributed by atoms with Crippen molar-refractivity contribution in [3.8, 4) is 17.2 Å². The molecule has 8 nitrogen and oxygen atoms in total. The summed E-state index contributed by atoms with van der Waals surface area (Å²) in [4.78, 5) is 12.3. The smallest absolute Gasteiger partial charge is 0.322 e. The van der Waals surface area contributed by atoms with Crippen LogP contribution in [-0.2, 0) is 9.84 Å². The second-order valence-electron chi connectivity index (χ2n) is 5.59. The van der Waals surface area contributed by atoms with Gasteiger partial charge >= 0.3 is 6.01 Å². The number of hydrogen-bond acceptors (Lipinski definition) is 7. The summed E-state index contributed by atoms with van der Waals surface area (Å²) in [5.41, 5.74) is 0.656. The third-order valence-corrected chi connectivity index (χ3v) is 4.74. The Hall–Kier alpha value is -3.20. The van der Waals surface area contributed by atoms with Crippen molar-refractivity contribution in [3.05, 3.63) is 54.1 Å². The van der Waals surface area contributed by atoms with E-state index in [0.717, 1.165) is 6.26 Å². The Morgan fingerprint density at radius 2 is 1.81 bits per heavy atom. The number of anilines is 1. The SMILES string of the molecule is CCOc1ccc(C(=O)Nc2nnc(-c3ccccc3S(C)(=O)=O)o2)cc1. The minimum Gasteiger partial charge on any atom is -0.494 e. The Morgan fingerprint density at radius 1 is 1.11 bits per heavy atom. The minimum absolute atomic E-state index is 0.00183. The van der Waals surface area contributed by atoms with Gasteiger partial charge in [-0.2, -0.15) is 0 Å². The molecule has 2 aromatic carbocycles. The number of sulfone groups is 1. The van der Waals surface area contributed by atoms with E-state index in [1.165, 1.54) is 6.07 Å². The molecule has 1 aromatic heterocycles. The molecule has 0 aliphatic rings. The number of ether oxygens (including phenoxy) is 1. The van der Waals surface area contributed by atoms with Crippen molar-refractivity contribution in [1.29, 1.82) is 0 Å². The number of amides is 1. The van der Waals surface area contributed by atoms with Crippen LogP contribution in [0.15, 0.2) is 57.8 Å². The summed E-state index contributed by atoms with van der Waals surface area (Å²) < 4.78 is 34.5. The molecule has 0 saturated heterocycles. The molecule has 9 heteroatoms. The third-order valence-electron chi connectivity index (χ3n) is 3.59. The van der Waals surface area contributed by atoms with Gasteiger partial charge in [-0.1, -0.05) is 17.2 Å². The molecule has 1 heterocycles. The Balaban J connectivity index is 1.80. The molecule has 140 valence electrons. The Kier molecular flexibility index (Phi) is 5.22. The molecule has 0 radical (unpaired) electrons. The summed E-state index contributed by atoms with van der Waals surface area (Å²) >= 11 is 0. The molecule has 0 atom stereocenters. The lowest BCUT2D eigenvalue weighted by molar-refractivity contribution is 0.102. The van der Waals surface area contributed by atoms with Crippen LogP contribution >= 0.6 is 0 Å². The van der Waals surface area contributed by atoms with E-state index >= 15 is 0 Å². The first kappa shape index (κ1) is 18.6. The summed E-state index contributed by atoms with van der Waals surface area (Å²) in [7, 11) is -3.47. The molecule has 1 amide bonds. The van der Waals surface area contributed by atoms with Crippen LogP contribution in [0.25, 0.3) is 11.5 Å². The first-order chi connectivity index (χ1) is 12.9. The molecule has 3 aromatic rings. The zero-order chi connectivity index (χ0) is 19.4. The van der Waals surface area contributed by atoms with Gasteiger partial charge < -0.3 is 9.15 Å². The van der Waals surface area contributed by atoms with Crippen LogP contribution in [0.2, 0.25) is 0 Å². The number of benzene rings is 2. The van der Waals surface area contributed by atoms with Crippen molar-refractivity contribution in [2.45, 2.75) is 11.8 Å². The van der Waals surface area contributed by atoms with E-state index in [1.807, 2.05) is 6.92 Å². The molecule has 0 unspecified atom stereocenters. The quantitative estimate of drug-likeness (QED) is 0.692. The molecular formula is C18H17N3O5S. The third kappa shape index (κ3) is 4.32. The number of nitrogens with zero attached hydrogens (tertiary/aromatic N) is 2. The van der Waals surface area contributed by atoms with Crippen LogP contribution in [0.1, 0.15) is 17.3 Å². The molecule has 0 saturated carbocycles. The van der Waals surface area contributed by atoms with Gasteiger partial charge in [0, 0.05) is 11.8 Å². The second kappa shape index (κ2) is 7.58. The van der Waals surface area contributed by atoms with E-state index in [2.05, 4.69) is 15.5 Å². The minimum atomic E-state index is -3.47. The van der Waals surface area contributed by atoms with Gasteiger partial charge in [-0.15, -0.1) is 5.10 Å². The highest BCUT2D eigenvalue weighted by molar-refractivity contribution is 7.90. The summed E-state index contributed by atoms with van der Waals surface area (Å²) in [6.45, 7) is 2.40. The topological polar surface area (TPSA) is 111 Å². The predicted molar refractivity (Wildman–Crippen MR) is 98.4 cm³/mol. The average molecular weight is 387 g/mol. The van der Waals surface area contributed by atoms with E-state index < -0.39 is 15.7 Å². The van der Waals surface area contributed by atoms with Gasteiger partial charge in [0.05, 0.1) is 17.1 Å². The van der Waals surface area contributed by atoms with Gasteiger partial charge in [-0.05, 0) is 43.3 Å². The molecule has 27 heavy (non-hydrogen) atoms. The van der Waals surface area contributed by atoms with Crippen LogP contribution in [0.5, 0.6) is 5.75 Å². The lowest BCUT2D eigenvalue weighted by Crippen LogP contribution is -2.12. The normalized spacial score (nSPS) is 11.2. The maximum Gasteiger partial charge on any atom is 0.322 e. The van der Waals surface area contributed by atoms with Gasteiger partial charge in [-0.25, -0.2) is 8.42 Å². The first-order valence-electron chi connectivity index (χ1n) is 8.05. The molecule has 0 bridgehead atoms. The Bertz CT molecular complexity index is 1060. The monoisotopic (exact) mass is 387 g/mol. The van der Waals surface area contributed by atoms with Crippen LogP contribution in [-0.4, -0.2) is 37.4 Å². The lowest BCUT2D eigenvalue weighted by atomic mass is 10.2. The van der Waals surface area contributed by atoms with Crippen LogP contribution in [0.3, 0.4) is 0 Å². The molecule has 3 rings (SSSR count). The zero-order valence-corrected chi connectivity index (χ0v) is 15.5.